The zero-order valence-electron chi connectivity index (χ0n) is 15.6. The second-order valence-corrected chi connectivity index (χ2v) is 22.3. The van der Waals surface area contributed by atoms with Gasteiger partial charge in [0.15, 0.2) is 31.2 Å². The van der Waals surface area contributed by atoms with E-state index in [1.54, 1.807) is 0 Å². The first-order valence-corrected chi connectivity index (χ1v) is 18.2. The minimum atomic E-state index is -1.84. The van der Waals surface area contributed by atoms with Gasteiger partial charge in [0, 0.05) is 0 Å². The molecule has 0 aromatic rings. The number of rotatable bonds is 6. The van der Waals surface area contributed by atoms with Crippen LogP contribution in [0.2, 0.25) is 58.9 Å². The molecule has 0 saturated carbocycles. The molecule has 132 valence electrons. The molecule has 5 nitrogen and oxygen atoms in total. The Morgan fingerprint density at radius 3 is 1.55 bits per heavy atom. The summed E-state index contributed by atoms with van der Waals surface area (Å²) in [5, 5.41) is 10.3. The fourth-order valence-electron chi connectivity index (χ4n) is 2.40. The molecule has 1 aliphatic rings. The van der Waals surface area contributed by atoms with Gasteiger partial charge in [0.25, 0.3) is 0 Å². The summed E-state index contributed by atoms with van der Waals surface area (Å²) >= 11 is 0. The maximum atomic E-state index is 10.3. The van der Waals surface area contributed by atoms with Crippen LogP contribution in [0.25, 0.3) is 0 Å². The van der Waals surface area contributed by atoms with Crippen LogP contribution in [0, 0.1) is 0 Å². The first kappa shape index (κ1) is 20.5. The third-order valence-corrected chi connectivity index (χ3v) is 5.86. The predicted octanol–water partition coefficient (Wildman–Crippen LogP) is 3.00. The van der Waals surface area contributed by atoms with Crippen molar-refractivity contribution in [3.8, 4) is 0 Å². The van der Waals surface area contributed by atoms with Crippen LogP contribution in [-0.4, -0.2) is 61.3 Å². The van der Waals surface area contributed by atoms with Crippen LogP contribution in [0.5, 0.6) is 0 Å². The molecule has 0 aliphatic carbocycles. The Bertz CT molecular complexity index is 359. The van der Waals surface area contributed by atoms with Crippen molar-refractivity contribution in [1.29, 1.82) is 0 Å². The Morgan fingerprint density at radius 1 is 0.727 bits per heavy atom. The van der Waals surface area contributed by atoms with Crippen LogP contribution < -0.4 is 0 Å². The second-order valence-electron chi connectivity index (χ2n) is 8.88. The van der Waals surface area contributed by atoms with Gasteiger partial charge in [0.05, 0.1) is 12.7 Å². The van der Waals surface area contributed by atoms with Gasteiger partial charge in [0.2, 0.25) is 0 Å². The normalized spacial score (nSPS) is 31.4. The highest BCUT2D eigenvalue weighted by molar-refractivity contribution is 6.70. The van der Waals surface area contributed by atoms with E-state index in [1.807, 2.05) is 0 Å². The summed E-state index contributed by atoms with van der Waals surface area (Å²) in [6.45, 7) is 19.6. The van der Waals surface area contributed by atoms with Crippen LogP contribution in [0.4, 0.5) is 0 Å². The largest absolute Gasteiger partial charge is 0.410 e. The Morgan fingerprint density at radius 2 is 1.14 bits per heavy atom. The first-order valence-electron chi connectivity index (χ1n) is 8.01. The SMILES string of the molecule is C[Si](C)(C)O[C@@H]1[C@H](O[Si](C)(C)C)COC(O)[C@@H]1O[Si](C)(C)C. The molecule has 1 aliphatic heterocycles. The number of hydrogen-bond acceptors (Lipinski definition) is 5. The van der Waals surface area contributed by atoms with Gasteiger partial charge in [-0.2, -0.15) is 0 Å². The Balaban J connectivity index is 3.01. The standard InChI is InChI=1S/C14H34O5Si3/c1-20(2,3)17-11-10-16-14(15)13(19-22(7,8)9)12(11)18-21(4,5)6/h11-15H,10H2,1-9H3/t11-,12-,13-,14?/m1/s1. The number of hydrogen-bond donors (Lipinski definition) is 1. The van der Waals surface area contributed by atoms with Gasteiger partial charge in [-0.1, -0.05) is 0 Å². The monoisotopic (exact) mass is 366 g/mol. The average Bonchev–Trinajstić information content (AvgIpc) is 2.22. The topological polar surface area (TPSA) is 57.2 Å². The fourth-order valence-corrected chi connectivity index (χ4v) is 5.68. The lowest BCUT2D eigenvalue weighted by atomic mass is 10.1. The van der Waals surface area contributed by atoms with Crippen LogP contribution in [0.15, 0.2) is 0 Å². The molecule has 1 saturated heterocycles. The van der Waals surface area contributed by atoms with E-state index < -0.39 is 37.3 Å². The lowest BCUT2D eigenvalue weighted by molar-refractivity contribution is -0.240. The molecule has 0 amide bonds. The van der Waals surface area contributed by atoms with E-state index in [0.717, 1.165) is 0 Å². The van der Waals surface area contributed by atoms with Crippen molar-refractivity contribution in [3.05, 3.63) is 0 Å². The summed E-state index contributed by atoms with van der Waals surface area (Å²) in [5.74, 6) is 0. The van der Waals surface area contributed by atoms with E-state index in [4.69, 9.17) is 18.0 Å². The van der Waals surface area contributed by atoms with Crippen molar-refractivity contribution in [2.75, 3.05) is 6.61 Å². The van der Waals surface area contributed by atoms with Gasteiger partial charge in [-0.3, -0.25) is 0 Å². The van der Waals surface area contributed by atoms with Crippen molar-refractivity contribution in [1.82, 2.24) is 0 Å². The Hall–Kier alpha value is 0.451. The van der Waals surface area contributed by atoms with E-state index in [9.17, 15) is 5.11 Å². The van der Waals surface area contributed by atoms with Crippen molar-refractivity contribution in [3.63, 3.8) is 0 Å². The maximum absolute atomic E-state index is 10.3. The van der Waals surface area contributed by atoms with Crippen molar-refractivity contribution >= 4 is 25.0 Å². The van der Waals surface area contributed by atoms with Gasteiger partial charge in [-0.05, 0) is 58.9 Å². The molecule has 0 spiro atoms. The minimum absolute atomic E-state index is 0.178. The van der Waals surface area contributed by atoms with E-state index in [0.29, 0.717) is 6.61 Å². The van der Waals surface area contributed by atoms with Crippen LogP contribution in [-0.2, 0) is 18.0 Å². The number of aliphatic hydroxyl groups is 1. The van der Waals surface area contributed by atoms with Gasteiger partial charge in [-0.25, -0.2) is 0 Å². The molecule has 1 rings (SSSR count). The Kier molecular flexibility index (Phi) is 6.65. The van der Waals surface area contributed by atoms with Crippen LogP contribution in [0.3, 0.4) is 0 Å². The lowest BCUT2D eigenvalue weighted by Crippen LogP contribution is -2.61. The summed E-state index contributed by atoms with van der Waals surface area (Å²) in [7, 11) is -5.39. The first-order chi connectivity index (χ1) is 9.68. The van der Waals surface area contributed by atoms with Gasteiger partial charge in [0.1, 0.15) is 12.2 Å². The highest BCUT2D eigenvalue weighted by Crippen LogP contribution is 2.29. The summed E-state index contributed by atoms with van der Waals surface area (Å²) in [4.78, 5) is 0. The van der Waals surface area contributed by atoms with Crippen molar-refractivity contribution < 1.29 is 23.1 Å². The minimum Gasteiger partial charge on any atom is -0.410 e. The van der Waals surface area contributed by atoms with E-state index in [-0.39, 0.29) is 12.2 Å². The molecular formula is C14H34O5Si3. The molecule has 0 bridgehead atoms. The average molecular weight is 367 g/mol. The third-order valence-electron chi connectivity index (χ3n) is 2.89. The molecule has 4 atom stereocenters. The van der Waals surface area contributed by atoms with E-state index in [2.05, 4.69) is 58.9 Å². The zero-order valence-corrected chi connectivity index (χ0v) is 18.6. The molecule has 0 radical (unpaired) electrons. The van der Waals surface area contributed by atoms with Crippen molar-refractivity contribution in [2.24, 2.45) is 0 Å². The zero-order chi connectivity index (χ0) is 17.3. The molecular weight excluding hydrogens is 332 g/mol. The summed E-state index contributed by atoms with van der Waals surface area (Å²) in [6, 6.07) is 0. The summed E-state index contributed by atoms with van der Waals surface area (Å²) in [6.07, 6.45) is -1.87. The molecule has 0 aromatic heterocycles. The van der Waals surface area contributed by atoms with E-state index in [1.165, 1.54) is 0 Å². The third kappa shape index (κ3) is 7.35. The van der Waals surface area contributed by atoms with Gasteiger partial charge in [-0.15, -0.1) is 0 Å². The Labute approximate surface area is 138 Å². The van der Waals surface area contributed by atoms with Gasteiger partial charge < -0.3 is 23.1 Å². The fraction of sp³-hybridized carbons (Fsp3) is 1.00. The summed E-state index contributed by atoms with van der Waals surface area (Å²) in [5.41, 5.74) is 0. The number of ether oxygens (including phenoxy) is 1. The second kappa shape index (κ2) is 7.14. The quantitative estimate of drug-likeness (QED) is 0.732. The number of aliphatic hydroxyl groups excluding tert-OH is 1. The molecule has 1 fully saturated rings. The molecule has 22 heavy (non-hydrogen) atoms. The van der Waals surface area contributed by atoms with Crippen molar-refractivity contribution in [2.45, 2.75) is 83.5 Å². The van der Waals surface area contributed by atoms with E-state index >= 15 is 0 Å². The van der Waals surface area contributed by atoms with Gasteiger partial charge >= 0.3 is 0 Å². The lowest BCUT2D eigenvalue weighted by Gasteiger charge is -2.46. The van der Waals surface area contributed by atoms with Crippen LogP contribution >= 0.6 is 0 Å². The molecule has 0 aromatic carbocycles. The molecule has 1 N–H and O–H groups in total. The summed E-state index contributed by atoms with van der Waals surface area (Å²) < 4.78 is 24.3. The highest BCUT2D eigenvalue weighted by atomic mass is 28.4. The maximum Gasteiger partial charge on any atom is 0.184 e. The van der Waals surface area contributed by atoms with Crippen LogP contribution in [0.1, 0.15) is 0 Å². The highest BCUT2D eigenvalue weighted by Gasteiger charge is 2.46. The predicted molar refractivity (Wildman–Crippen MR) is 96.6 cm³/mol. The molecule has 1 heterocycles. The molecule has 8 heteroatoms. The molecule has 1 unspecified atom stereocenters. The smallest absolute Gasteiger partial charge is 0.184 e.